The third-order valence-corrected chi connectivity index (χ3v) is 4.63. The van der Waals surface area contributed by atoms with E-state index in [4.69, 9.17) is 4.99 Å². The summed E-state index contributed by atoms with van der Waals surface area (Å²) in [5, 5.41) is 7.62. The summed E-state index contributed by atoms with van der Waals surface area (Å²) in [7, 11) is 4.04. The number of hydrogen-bond donors (Lipinski definition) is 1. The summed E-state index contributed by atoms with van der Waals surface area (Å²) in [4.78, 5) is 6.96. The zero-order valence-electron chi connectivity index (χ0n) is 15.1. The molecule has 0 atom stereocenters. The monoisotopic (exact) mass is 319 g/mol. The van der Waals surface area contributed by atoms with Gasteiger partial charge >= 0.3 is 0 Å². The van der Waals surface area contributed by atoms with Crippen molar-refractivity contribution in [3.63, 3.8) is 0 Å². The van der Waals surface area contributed by atoms with E-state index in [1.807, 2.05) is 17.9 Å². The van der Waals surface area contributed by atoms with Crippen molar-refractivity contribution in [3.05, 3.63) is 18.0 Å². The summed E-state index contributed by atoms with van der Waals surface area (Å²) in [6.45, 7) is 4.78. The molecule has 2 rings (SSSR count). The quantitative estimate of drug-likeness (QED) is 0.455. The molecule has 0 saturated heterocycles. The first-order valence-corrected chi connectivity index (χ1v) is 9.16. The van der Waals surface area contributed by atoms with Gasteiger partial charge < -0.3 is 10.2 Å². The van der Waals surface area contributed by atoms with E-state index in [1.54, 1.807) is 0 Å². The fourth-order valence-electron chi connectivity index (χ4n) is 3.40. The molecule has 1 N–H and O–H groups in total. The molecule has 1 fully saturated rings. The number of nitrogens with one attached hydrogen (secondary N) is 1. The third-order valence-electron chi connectivity index (χ3n) is 4.63. The van der Waals surface area contributed by atoms with Crippen LogP contribution in [-0.4, -0.2) is 40.8 Å². The van der Waals surface area contributed by atoms with Crippen molar-refractivity contribution in [2.45, 2.75) is 58.4 Å². The van der Waals surface area contributed by atoms with E-state index in [-0.39, 0.29) is 0 Å². The lowest BCUT2D eigenvalue weighted by Gasteiger charge is -2.21. The highest BCUT2D eigenvalue weighted by Gasteiger charge is 2.14. The maximum atomic E-state index is 4.78. The summed E-state index contributed by atoms with van der Waals surface area (Å²) in [6, 6.07) is 0. The highest BCUT2D eigenvalue weighted by Crippen LogP contribution is 2.28. The molecule has 0 unspecified atom stereocenters. The fourth-order valence-corrected chi connectivity index (χ4v) is 3.40. The van der Waals surface area contributed by atoms with E-state index in [0.29, 0.717) is 0 Å². The molecule has 5 nitrogen and oxygen atoms in total. The van der Waals surface area contributed by atoms with E-state index < -0.39 is 0 Å². The molecule has 1 aromatic rings. The van der Waals surface area contributed by atoms with Crippen LogP contribution >= 0.6 is 0 Å². The molecule has 0 amide bonds. The molecule has 0 aliphatic heterocycles. The third kappa shape index (κ3) is 6.24. The van der Waals surface area contributed by atoms with Crippen LogP contribution in [0.25, 0.3) is 0 Å². The minimum absolute atomic E-state index is 0.835. The number of aliphatic imine (C=N–C) groups is 1. The van der Waals surface area contributed by atoms with Crippen molar-refractivity contribution in [1.82, 2.24) is 20.0 Å². The van der Waals surface area contributed by atoms with Gasteiger partial charge in [-0.05, 0) is 19.3 Å². The van der Waals surface area contributed by atoms with Gasteiger partial charge in [-0.15, -0.1) is 0 Å². The van der Waals surface area contributed by atoms with Crippen LogP contribution in [-0.2, 0) is 13.6 Å². The minimum atomic E-state index is 0.835. The Morgan fingerprint density at radius 1 is 1.39 bits per heavy atom. The van der Waals surface area contributed by atoms with E-state index >= 15 is 0 Å². The number of aromatic nitrogens is 2. The van der Waals surface area contributed by atoms with Crippen LogP contribution in [0, 0.1) is 5.92 Å². The van der Waals surface area contributed by atoms with Crippen LogP contribution in [0.2, 0.25) is 0 Å². The Morgan fingerprint density at radius 2 is 2.17 bits per heavy atom. The highest BCUT2D eigenvalue weighted by atomic mass is 15.3. The second kappa shape index (κ2) is 9.58. The van der Waals surface area contributed by atoms with Crippen LogP contribution in [0.1, 0.15) is 57.4 Å². The minimum Gasteiger partial charge on any atom is -0.357 e. The largest absolute Gasteiger partial charge is 0.357 e. The number of hydrogen-bond acceptors (Lipinski definition) is 2. The predicted octanol–water partition coefficient (Wildman–Crippen LogP) is 3.18. The normalized spacial score (nSPS) is 16.0. The van der Waals surface area contributed by atoms with Gasteiger partial charge in [-0.2, -0.15) is 5.10 Å². The highest BCUT2D eigenvalue weighted by molar-refractivity contribution is 5.79. The Hall–Kier alpha value is -1.52. The maximum absolute atomic E-state index is 4.78. The molecule has 23 heavy (non-hydrogen) atoms. The van der Waals surface area contributed by atoms with Gasteiger partial charge in [0.2, 0.25) is 0 Å². The first kappa shape index (κ1) is 17.8. The molecule has 0 spiro atoms. The van der Waals surface area contributed by atoms with Gasteiger partial charge in [0.15, 0.2) is 5.96 Å². The van der Waals surface area contributed by atoms with E-state index in [1.165, 1.54) is 50.5 Å². The van der Waals surface area contributed by atoms with Gasteiger partial charge in [0.1, 0.15) is 0 Å². The number of aryl methyl sites for hydroxylation is 1. The predicted molar refractivity (Wildman–Crippen MR) is 96.5 cm³/mol. The Bertz CT molecular complexity index is 474. The molecule has 1 aliphatic rings. The summed E-state index contributed by atoms with van der Waals surface area (Å²) in [5.74, 6) is 2.00. The Balaban J connectivity index is 1.74. The van der Waals surface area contributed by atoms with Crippen LogP contribution in [0.4, 0.5) is 0 Å². The van der Waals surface area contributed by atoms with Crippen LogP contribution in [0.15, 0.2) is 17.4 Å². The average molecular weight is 319 g/mol. The molecule has 1 saturated carbocycles. The summed E-state index contributed by atoms with van der Waals surface area (Å²) in [6.07, 6.45) is 13.7. The lowest BCUT2D eigenvalue weighted by atomic mass is 10.0. The first-order valence-electron chi connectivity index (χ1n) is 9.16. The standard InChI is InChI=1S/C18H33N5/c1-4-19-18(22(2)14-17-13-21-23(3)15-17)20-12-8-7-11-16-9-5-6-10-16/h13,15-16H,4-12,14H2,1-3H3,(H,19,20). The SMILES string of the molecule is CCNC(=NCCCCC1CCCC1)N(C)Cc1cnn(C)c1. The maximum Gasteiger partial charge on any atom is 0.193 e. The average Bonchev–Trinajstić information content (AvgIpc) is 3.17. The van der Waals surface area contributed by atoms with E-state index in [9.17, 15) is 0 Å². The fraction of sp³-hybridized carbons (Fsp3) is 0.778. The van der Waals surface area contributed by atoms with Gasteiger partial charge in [0.05, 0.1) is 6.20 Å². The lowest BCUT2D eigenvalue weighted by Crippen LogP contribution is -2.38. The summed E-state index contributed by atoms with van der Waals surface area (Å²) >= 11 is 0. The Labute approximate surface area is 141 Å². The molecule has 1 aliphatic carbocycles. The molecule has 1 aromatic heterocycles. The molecular formula is C18H33N5. The number of rotatable bonds is 8. The Kier molecular flexibility index (Phi) is 7.43. The smallest absolute Gasteiger partial charge is 0.193 e. The molecular weight excluding hydrogens is 286 g/mol. The van der Waals surface area contributed by atoms with Crippen molar-refractivity contribution in [1.29, 1.82) is 0 Å². The van der Waals surface area contributed by atoms with Crippen LogP contribution < -0.4 is 5.32 Å². The van der Waals surface area contributed by atoms with Crippen molar-refractivity contribution >= 4 is 5.96 Å². The van der Waals surface area contributed by atoms with E-state index in [2.05, 4.69) is 35.5 Å². The van der Waals surface area contributed by atoms with Crippen molar-refractivity contribution < 1.29 is 0 Å². The molecule has 0 aromatic carbocycles. The zero-order valence-corrected chi connectivity index (χ0v) is 15.1. The summed E-state index contributed by atoms with van der Waals surface area (Å²) in [5.41, 5.74) is 1.21. The lowest BCUT2D eigenvalue weighted by molar-refractivity contribution is 0.466. The molecule has 1 heterocycles. The van der Waals surface area contributed by atoms with Crippen LogP contribution in [0.3, 0.4) is 0 Å². The van der Waals surface area contributed by atoms with Gasteiger partial charge in [-0.3, -0.25) is 9.67 Å². The van der Waals surface area contributed by atoms with Gasteiger partial charge in [-0.25, -0.2) is 0 Å². The zero-order chi connectivity index (χ0) is 16.5. The molecule has 0 radical (unpaired) electrons. The van der Waals surface area contributed by atoms with Crippen molar-refractivity contribution in [3.8, 4) is 0 Å². The van der Waals surface area contributed by atoms with Gasteiger partial charge in [0.25, 0.3) is 0 Å². The number of unbranched alkanes of at least 4 members (excludes halogenated alkanes) is 1. The van der Waals surface area contributed by atoms with Gasteiger partial charge in [0, 0.05) is 45.5 Å². The number of guanidine groups is 1. The Morgan fingerprint density at radius 3 is 2.83 bits per heavy atom. The summed E-state index contributed by atoms with van der Waals surface area (Å²) < 4.78 is 1.84. The van der Waals surface area contributed by atoms with Crippen molar-refractivity contribution in [2.24, 2.45) is 18.0 Å². The second-order valence-electron chi connectivity index (χ2n) is 6.76. The first-order chi connectivity index (χ1) is 11.2. The van der Waals surface area contributed by atoms with E-state index in [0.717, 1.165) is 31.5 Å². The molecule has 0 bridgehead atoms. The topological polar surface area (TPSA) is 45.5 Å². The van der Waals surface area contributed by atoms with Gasteiger partial charge in [-0.1, -0.05) is 38.5 Å². The van der Waals surface area contributed by atoms with Crippen LogP contribution in [0.5, 0.6) is 0 Å². The molecule has 5 heteroatoms. The second-order valence-corrected chi connectivity index (χ2v) is 6.76. The van der Waals surface area contributed by atoms with Crippen molar-refractivity contribution in [2.75, 3.05) is 20.1 Å². The number of nitrogens with zero attached hydrogens (tertiary/aromatic N) is 4. The molecule has 130 valence electrons.